The van der Waals surface area contributed by atoms with E-state index in [0.717, 1.165) is 27.0 Å². The van der Waals surface area contributed by atoms with E-state index in [1.54, 1.807) is 35.9 Å². The first-order chi connectivity index (χ1) is 13.5. The van der Waals surface area contributed by atoms with Crippen LogP contribution in [0, 0.1) is 0 Å². The summed E-state index contributed by atoms with van der Waals surface area (Å²) in [5, 5.41) is 2.25. The van der Waals surface area contributed by atoms with Crippen molar-refractivity contribution in [3.05, 3.63) is 57.4 Å². The number of anilines is 1. The van der Waals surface area contributed by atoms with Crippen molar-refractivity contribution in [1.82, 2.24) is 4.90 Å². The van der Waals surface area contributed by atoms with Crippen LogP contribution in [-0.4, -0.2) is 36.7 Å². The lowest BCUT2D eigenvalue weighted by atomic mass is 10.3. The molecule has 0 aliphatic carbocycles. The molecular weight excluding hydrogens is 414 g/mol. The lowest BCUT2D eigenvalue weighted by Crippen LogP contribution is -2.29. The van der Waals surface area contributed by atoms with Gasteiger partial charge in [0.25, 0.3) is 5.91 Å². The monoisotopic (exact) mass is 431 g/mol. The molecule has 2 heterocycles. The van der Waals surface area contributed by atoms with Crippen LogP contribution in [0.3, 0.4) is 0 Å². The highest BCUT2D eigenvalue weighted by atomic mass is 35.5. The number of halogens is 1. The Hall–Kier alpha value is -2.09. The summed E-state index contributed by atoms with van der Waals surface area (Å²) in [4.78, 5) is 23.3. The average molecular weight is 432 g/mol. The standard InChI is InChI=1S/C20H18ClN3O2S2/c1-4-24-18(25)17(28-20(24)22-13-7-5-12(21)6-8-13)19-23(2)15-11-14(26-3)9-10-16(15)27-19/h5-11H,4H2,1-3H3. The predicted octanol–water partition coefficient (Wildman–Crippen LogP) is 5.34. The highest BCUT2D eigenvalue weighted by Gasteiger charge is 2.38. The quantitative estimate of drug-likeness (QED) is 0.613. The molecular formula is C20H18ClN3O2S2. The Balaban J connectivity index is 1.71. The Kier molecular flexibility index (Phi) is 5.31. The smallest absolute Gasteiger partial charge is 0.269 e. The number of methoxy groups -OCH3 is 1. The molecule has 2 aliphatic rings. The fourth-order valence-corrected chi connectivity index (χ4v) is 5.49. The number of carbonyl (C=O) groups excluding carboxylic acids is 1. The molecule has 28 heavy (non-hydrogen) atoms. The third kappa shape index (κ3) is 3.38. The summed E-state index contributed by atoms with van der Waals surface area (Å²) in [6, 6.07) is 13.2. The van der Waals surface area contributed by atoms with Gasteiger partial charge in [0.1, 0.15) is 10.7 Å². The van der Waals surface area contributed by atoms with Crippen molar-refractivity contribution in [2.24, 2.45) is 4.99 Å². The number of ether oxygens (including phenoxy) is 1. The lowest BCUT2D eigenvalue weighted by Gasteiger charge is -2.15. The second kappa shape index (κ2) is 7.73. The summed E-state index contributed by atoms with van der Waals surface area (Å²) < 4.78 is 5.34. The molecule has 2 aromatic carbocycles. The van der Waals surface area contributed by atoms with E-state index in [2.05, 4.69) is 4.99 Å². The maximum absolute atomic E-state index is 13.1. The minimum Gasteiger partial charge on any atom is -0.497 e. The molecule has 1 amide bonds. The van der Waals surface area contributed by atoms with Crippen molar-refractivity contribution in [2.75, 3.05) is 25.6 Å². The van der Waals surface area contributed by atoms with Gasteiger partial charge in [0.15, 0.2) is 5.17 Å². The number of thioether (sulfide) groups is 2. The van der Waals surface area contributed by atoms with Crippen LogP contribution >= 0.6 is 35.1 Å². The Morgan fingerprint density at radius 3 is 2.57 bits per heavy atom. The Labute approximate surface area is 177 Å². The molecule has 2 aromatic rings. The molecule has 0 aromatic heterocycles. The number of carbonyl (C=O) groups is 1. The molecule has 0 unspecified atom stereocenters. The van der Waals surface area contributed by atoms with Crippen LogP contribution in [0.2, 0.25) is 5.02 Å². The normalized spacial score (nSPS) is 20.3. The third-order valence-electron chi connectivity index (χ3n) is 4.46. The van der Waals surface area contributed by atoms with Crippen molar-refractivity contribution in [3.63, 3.8) is 0 Å². The van der Waals surface area contributed by atoms with Crippen molar-refractivity contribution in [3.8, 4) is 5.75 Å². The molecule has 5 nitrogen and oxygen atoms in total. The van der Waals surface area contributed by atoms with Gasteiger partial charge in [-0.25, -0.2) is 4.99 Å². The van der Waals surface area contributed by atoms with Gasteiger partial charge in [0, 0.05) is 29.6 Å². The highest BCUT2D eigenvalue weighted by molar-refractivity contribution is 8.19. The molecule has 0 radical (unpaired) electrons. The first-order valence-corrected chi connectivity index (χ1v) is 10.7. The minimum absolute atomic E-state index is 0.0191. The van der Waals surface area contributed by atoms with Crippen molar-refractivity contribution >= 4 is 57.6 Å². The van der Waals surface area contributed by atoms with E-state index in [-0.39, 0.29) is 5.91 Å². The van der Waals surface area contributed by atoms with E-state index in [1.165, 1.54) is 11.8 Å². The van der Waals surface area contributed by atoms with Gasteiger partial charge in [-0.3, -0.25) is 9.69 Å². The van der Waals surface area contributed by atoms with Crippen molar-refractivity contribution in [2.45, 2.75) is 11.8 Å². The minimum atomic E-state index is -0.0191. The molecule has 8 heteroatoms. The summed E-state index contributed by atoms with van der Waals surface area (Å²) in [5.74, 6) is 0.775. The molecule has 0 bridgehead atoms. The fraction of sp³-hybridized carbons (Fsp3) is 0.200. The van der Waals surface area contributed by atoms with Crippen molar-refractivity contribution in [1.29, 1.82) is 0 Å². The summed E-state index contributed by atoms with van der Waals surface area (Å²) in [5.41, 5.74) is 1.80. The van der Waals surface area contributed by atoms with Crippen LogP contribution < -0.4 is 9.64 Å². The summed E-state index contributed by atoms with van der Waals surface area (Å²) >= 11 is 8.96. The fourth-order valence-electron chi connectivity index (χ4n) is 2.98. The number of benzene rings is 2. The number of hydrogen-bond donors (Lipinski definition) is 0. The summed E-state index contributed by atoms with van der Waals surface area (Å²) in [6.45, 7) is 2.51. The van der Waals surface area contributed by atoms with Gasteiger partial charge in [-0.05, 0) is 55.1 Å². The van der Waals surface area contributed by atoms with Gasteiger partial charge >= 0.3 is 0 Å². The van der Waals surface area contributed by atoms with Crippen LogP contribution in [-0.2, 0) is 4.79 Å². The van der Waals surface area contributed by atoms with E-state index in [1.807, 2.05) is 49.2 Å². The molecule has 1 fully saturated rings. The van der Waals surface area contributed by atoms with Crippen LogP contribution in [0.1, 0.15) is 6.92 Å². The van der Waals surface area contributed by atoms with Crippen LogP contribution in [0.25, 0.3) is 0 Å². The number of amidine groups is 1. The van der Waals surface area contributed by atoms with Crippen molar-refractivity contribution < 1.29 is 9.53 Å². The summed E-state index contributed by atoms with van der Waals surface area (Å²) in [7, 11) is 3.62. The zero-order valence-corrected chi connectivity index (χ0v) is 18.0. The van der Waals surface area contributed by atoms with Gasteiger partial charge in [0.05, 0.1) is 23.5 Å². The zero-order valence-electron chi connectivity index (χ0n) is 15.6. The topological polar surface area (TPSA) is 45.1 Å². The molecule has 4 rings (SSSR count). The maximum Gasteiger partial charge on any atom is 0.269 e. The van der Waals surface area contributed by atoms with E-state index in [9.17, 15) is 4.79 Å². The number of rotatable bonds is 3. The van der Waals surface area contributed by atoms with Crippen LogP contribution in [0.4, 0.5) is 11.4 Å². The Morgan fingerprint density at radius 1 is 1.14 bits per heavy atom. The van der Waals surface area contributed by atoms with Gasteiger partial charge < -0.3 is 9.64 Å². The van der Waals surface area contributed by atoms with Crippen LogP contribution in [0.15, 0.2) is 62.3 Å². The molecule has 0 saturated carbocycles. The molecule has 2 aliphatic heterocycles. The third-order valence-corrected chi connectivity index (χ3v) is 7.15. The highest BCUT2D eigenvalue weighted by Crippen LogP contribution is 2.51. The predicted molar refractivity (Wildman–Crippen MR) is 118 cm³/mol. The van der Waals surface area contributed by atoms with Gasteiger partial charge in [0.2, 0.25) is 0 Å². The SMILES string of the molecule is CCN1C(=O)C(=C2Sc3ccc(OC)cc3N2C)SC1=Nc1ccc(Cl)cc1. The number of likely N-dealkylation sites (N-methyl/N-ethyl adjacent to an activating group) is 1. The van der Waals surface area contributed by atoms with E-state index in [0.29, 0.717) is 21.6 Å². The molecule has 1 saturated heterocycles. The molecule has 0 spiro atoms. The lowest BCUT2D eigenvalue weighted by molar-refractivity contribution is -0.122. The second-order valence-electron chi connectivity index (χ2n) is 6.15. The number of fused-ring (bicyclic) bond motifs is 1. The Bertz CT molecular complexity index is 1010. The maximum atomic E-state index is 13.1. The zero-order chi connectivity index (χ0) is 19.8. The van der Waals surface area contributed by atoms with Gasteiger partial charge in [-0.2, -0.15) is 0 Å². The second-order valence-corrected chi connectivity index (χ2v) is 8.60. The molecule has 0 atom stereocenters. The van der Waals surface area contributed by atoms with Gasteiger partial charge in [-0.1, -0.05) is 23.4 Å². The molecule has 144 valence electrons. The first kappa shape index (κ1) is 19.2. The molecule has 0 N–H and O–H groups in total. The largest absolute Gasteiger partial charge is 0.497 e. The van der Waals surface area contributed by atoms with E-state index >= 15 is 0 Å². The van der Waals surface area contributed by atoms with E-state index in [4.69, 9.17) is 16.3 Å². The average Bonchev–Trinajstić information content (AvgIpc) is 3.19. The van der Waals surface area contributed by atoms with Crippen LogP contribution in [0.5, 0.6) is 5.75 Å². The number of aliphatic imine (C=N–C) groups is 1. The van der Waals surface area contributed by atoms with E-state index < -0.39 is 0 Å². The first-order valence-electron chi connectivity index (χ1n) is 8.69. The summed E-state index contributed by atoms with van der Waals surface area (Å²) in [6.07, 6.45) is 0. The Morgan fingerprint density at radius 2 is 1.89 bits per heavy atom. The number of nitrogens with zero attached hydrogens (tertiary/aromatic N) is 3. The van der Waals surface area contributed by atoms with Gasteiger partial charge in [-0.15, -0.1) is 0 Å². The number of amides is 1. The number of hydrogen-bond acceptors (Lipinski definition) is 6.